The van der Waals surface area contributed by atoms with E-state index in [1.807, 2.05) is 22.8 Å². The number of hydrogen-bond acceptors (Lipinski definition) is 4. The van der Waals surface area contributed by atoms with Crippen LogP contribution in [0.3, 0.4) is 0 Å². The molecule has 10 heteroatoms. The van der Waals surface area contributed by atoms with E-state index in [0.717, 1.165) is 11.3 Å². The van der Waals surface area contributed by atoms with Crippen LogP contribution in [0.1, 0.15) is 5.82 Å². The number of piperazine rings is 1. The number of carbonyl (C=O) groups is 1. The van der Waals surface area contributed by atoms with Gasteiger partial charge in [-0.25, -0.2) is 23.5 Å². The minimum atomic E-state index is -0.494. The van der Waals surface area contributed by atoms with Crippen LogP contribution in [0.2, 0.25) is 0 Å². The second-order valence-electron chi connectivity index (χ2n) is 8.01. The van der Waals surface area contributed by atoms with E-state index in [1.165, 1.54) is 24.3 Å². The molecule has 4 aromatic rings. The van der Waals surface area contributed by atoms with Crippen LogP contribution in [-0.4, -0.2) is 56.5 Å². The van der Waals surface area contributed by atoms with Crippen molar-refractivity contribution in [3.8, 4) is 5.69 Å². The molecular weight excluding hydrogens is 506 g/mol. The fraction of sp³-hybridized carbons (Fsp3) is 0.208. The van der Waals surface area contributed by atoms with Crippen molar-refractivity contribution in [1.82, 2.24) is 24.3 Å². The highest BCUT2D eigenvalue weighted by atomic mass is 79.9. The van der Waals surface area contributed by atoms with Gasteiger partial charge in [0, 0.05) is 36.8 Å². The minimum absolute atomic E-state index is 0.145. The first kappa shape index (κ1) is 22.4. The summed E-state index contributed by atoms with van der Waals surface area (Å²) < 4.78 is 30.5. The first-order valence-corrected chi connectivity index (χ1v) is 11.6. The van der Waals surface area contributed by atoms with Crippen molar-refractivity contribution < 1.29 is 13.6 Å². The first-order valence-electron chi connectivity index (χ1n) is 10.8. The van der Waals surface area contributed by atoms with E-state index < -0.39 is 5.82 Å². The number of fused-ring (bicyclic) bond motifs is 1. The molecule has 2 aromatic heterocycles. The van der Waals surface area contributed by atoms with Crippen LogP contribution in [0.15, 0.2) is 65.3 Å². The van der Waals surface area contributed by atoms with E-state index in [1.54, 1.807) is 23.2 Å². The van der Waals surface area contributed by atoms with Gasteiger partial charge in [0.25, 0.3) is 0 Å². The van der Waals surface area contributed by atoms with Crippen LogP contribution >= 0.6 is 15.9 Å². The van der Waals surface area contributed by atoms with Gasteiger partial charge in [-0.3, -0.25) is 9.47 Å². The summed E-state index contributed by atoms with van der Waals surface area (Å²) in [5, 5.41) is 2.64. The summed E-state index contributed by atoms with van der Waals surface area (Å²) >= 11 is 3.21. The molecule has 1 saturated heterocycles. The van der Waals surface area contributed by atoms with E-state index >= 15 is 0 Å². The van der Waals surface area contributed by atoms with Gasteiger partial charge >= 0.3 is 6.03 Å². The molecule has 174 valence electrons. The van der Waals surface area contributed by atoms with Crippen LogP contribution in [0.25, 0.3) is 16.9 Å². The fourth-order valence-electron chi connectivity index (χ4n) is 4.05. The summed E-state index contributed by atoms with van der Waals surface area (Å²) in [6.45, 7) is 2.74. The lowest BCUT2D eigenvalue weighted by molar-refractivity contribution is 0.140. The van der Waals surface area contributed by atoms with Crippen LogP contribution in [-0.2, 0) is 6.54 Å². The number of urea groups is 1. The maximum Gasteiger partial charge on any atom is 0.322 e. The summed E-state index contributed by atoms with van der Waals surface area (Å²) in [6.07, 6.45) is 1.69. The smallest absolute Gasteiger partial charge is 0.322 e. The Labute approximate surface area is 203 Å². The minimum Gasteiger partial charge on any atom is -0.322 e. The van der Waals surface area contributed by atoms with E-state index in [-0.39, 0.29) is 17.5 Å². The second-order valence-corrected chi connectivity index (χ2v) is 8.92. The second kappa shape index (κ2) is 9.47. The normalized spacial score (nSPS) is 14.5. The van der Waals surface area contributed by atoms with Gasteiger partial charge in [0.1, 0.15) is 23.0 Å². The first-order chi connectivity index (χ1) is 16.5. The molecule has 1 fully saturated rings. The van der Waals surface area contributed by atoms with Gasteiger partial charge in [0.15, 0.2) is 5.65 Å². The van der Waals surface area contributed by atoms with Gasteiger partial charge in [-0.15, -0.1) is 0 Å². The maximum atomic E-state index is 14.1. The van der Waals surface area contributed by atoms with E-state index in [4.69, 9.17) is 4.98 Å². The highest BCUT2D eigenvalue weighted by Gasteiger charge is 2.24. The third-order valence-electron chi connectivity index (χ3n) is 5.75. The van der Waals surface area contributed by atoms with Crippen LogP contribution < -0.4 is 5.32 Å². The number of nitrogens with one attached hydrogen (secondary N) is 1. The Hall–Kier alpha value is -3.37. The zero-order chi connectivity index (χ0) is 23.7. The zero-order valence-electron chi connectivity index (χ0n) is 18.1. The molecule has 3 heterocycles. The fourth-order valence-corrected chi connectivity index (χ4v) is 4.38. The van der Waals surface area contributed by atoms with Crippen molar-refractivity contribution in [2.24, 2.45) is 0 Å². The quantitative estimate of drug-likeness (QED) is 0.414. The molecule has 0 radical (unpaired) electrons. The average molecular weight is 527 g/mol. The molecule has 34 heavy (non-hydrogen) atoms. The van der Waals surface area contributed by atoms with Crippen molar-refractivity contribution in [3.63, 3.8) is 0 Å². The van der Waals surface area contributed by atoms with Gasteiger partial charge in [-0.1, -0.05) is 22.0 Å². The summed E-state index contributed by atoms with van der Waals surface area (Å²) in [4.78, 5) is 25.7. The molecule has 0 aliphatic carbocycles. The van der Waals surface area contributed by atoms with Crippen LogP contribution in [0.4, 0.5) is 19.3 Å². The molecule has 5 rings (SSSR count). The van der Waals surface area contributed by atoms with Gasteiger partial charge < -0.3 is 10.2 Å². The maximum absolute atomic E-state index is 14.1. The number of halogens is 3. The Bertz CT molecular complexity index is 1350. The van der Waals surface area contributed by atoms with Crippen LogP contribution in [0, 0.1) is 11.6 Å². The molecule has 0 spiro atoms. The van der Waals surface area contributed by atoms with Crippen molar-refractivity contribution >= 4 is 38.8 Å². The molecule has 0 saturated carbocycles. The molecule has 0 bridgehead atoms. The molecule has 2 amide bonds. The molecule has 0 atom stereocenters. The summed E-state index contributed by atoms with van der Waals surface area (Å²) in [6, 6.07) is 14.2. The monoisotopic (exact) mass is 526 g/mol. The standard InChI is InChI=1S/C24H21BrF2N6O/c25-16-6-7-20(19(27)13-16)30-24(34)32-11-9-31(10-12-32)15-22-29-21-5-2-8-28-23(21)33(22)18-4-1-3-17(26)14-18/h1-8,13-14H,9-12,15H2,(H,30,34). The average Bonchev–Trinajstić information content (AvgIpc) is 3.19. The van der Waals surface area contributed by atoms with Gasteiger partial charge in [-0.2, -0.15) is 0 Å². The largest absolute Gasteiger partial charge is 0.322 e. The predicted molar refractivity (Wildman–Crippen MR) is 129 cm³/mol. The van der Waals surface area contributed by atoms with Crippen molar-refractivity contribution in [2.45, 2.75) is 6.54 Å². The third-order valence-corrected chi connectivity index (χ3v) is 6.24. The van der Waals surface area contributed by atoms with Crippen molar-refractivity contribution in [2.75, 3.05) is 31.5 Å². The predicted octanol–water partition coefficient (Wildman–Crippen LogP) is 4.81. The Kier molecular flexibility index (Phi) is 6.25. The van der Waals surface area contributed by atoms with Gasteiger partial charge in [0.05, 0.1) is 17.9 Å². The lowest BCUT2D eigenvalue weighted by Gasteiger charge is -2.34. The molecule has 7 nitrogen and oxygen atoms in total. The van der Waals surface area contributed by atoms with Gasteiger partial charge in [0.2, 0.25) is 0 Å². The number of pyridine rings is 1. The molecule has 1 N–H and O–H groups in total. The Balaban J connectivity index is 1.29. The van der Waals surface area contributed by atoms with E-state index in [9.17, 15) is 13.6 Å². The number of amides is 2. The number of hydrogen-bond donors (Lipinski definition) is 1. The number of nitrogens with zero attached hydrogens (tertiary/aromatic N) is 5. The lowest BCUT2D eigenvalue weighted by atomic mass is 10.3. The van der Waals surface area contributed by atoms with Gasteiger partial charge in [-0.05, 0) is 48.5 Å². The highest BCUT2D eigenvalue weighted by Crippen LogP contribution is 2.23. The summed E-state index contributed by atoms with van der Waals surface area (Å²) in [5.74, 6) is -0.0802. The number of imidazole rings is 1. The number of rotatable bonds is 4. The molecular formula is C24H21BrF2N6O. The third kappa shape index (κ3) is 4.64. The van der Waals surface area contributed by atoms with Crippen molar-refractivity contribution in [3.05, 3.63) is 82.7 Å². The van der Waals surface area contributed by atoms with Crippen molar-refractivity contribution in [1.29, 1.82) is 0 Å². The number of carbonyl (C=O) groups excluding carboxylic acids is 1. The highest BCUT2D eigenvalue weighted by molar-refractivity contribution is 9.10. The number of anilines is 1. The Morgan fingerprint density at radius 2 is 1.85 bits per heavy atom. The topological polar surface area (TPSA) is 66.3 Å². The zero-order valence-corrected chi connectivity index (χ0v) is 19.7. The summed E-state index contributed by atoms with van der Waals surface area (Å²) in [5.41, 5.74) is 2.20. The Morgan fingerprint density at radius 3 is 2.62 bits per heavy atom. The number of benzene rings is 2. The van der Waals surface area contributed by atoms with E-state index in [2.05, 4.69) is 31.1 Å². The van der Waals surface area contributed by atoms with Crippen LogP contribution in [0.5, 0.6) is 0 Å². The Morgan fingerprint density at radius 1 is 1.03 bits per heavy atom. The SMILES string of the molecule is O=C(Nc1ccc(Br)cc1F)N1CCN(Cc2nc3cccnc3n2-c2cccc(F)c2)CC1. The molecule has 1 aliphatic rings. The summed E-state index contributed by atoms with van der Waals surface area (Å²) in [7, 11) is 0. The molecule has 1 aliphatic heterocycles. The van der Waals surface area contributed by atoms with E-state index in [0.29, 0.717) is 48.5 Å². The lowest BCUT2D eigenvalue weighted by Crippen LogP contribution is -2.49. The molecule has 2 aromatic carbocycles. The molecule has 0 unspecified atom stereocenters. The number of aromatic nitrogens is 3.